The Morgan fingerprint density at radius 2 is 2.05 bits per heavy atom. The zero-order chi connectivity index (χ0) is 26.3. The summed E-state index contributed by atoms with van der Waals surface area (Å²) in [7, 11) is 1.72. The normalized spacial score (nSPS) is 17.5. The molecule has 5 rings (SSSR count). The van der Waals surface area contributed by atoms with Gasteiger partial charge in [0.15, 0.2) is 0 Å². The van der Waals surface area contributed by atoms with E-state index in [1.165, 1.54) is 4.90 Å². The maximum atomic E-state index is 13.6. The van der Waals surface area contributed by atoms with Crippen molar-refractivity contribution in [1.82, 2.24) is 19.8 Å². The van der Waals surface area contributed by atoms with Crippen LogP contribution in [0.25, 0.3) is 22.3 Å². The van der Waals surface area contributed by atoms with Crippen molar-refractivity contribution in [3.05, 3.63) is 63.4 Å². The largest absolute Gasteiger partial charge is 0.457 e. The van der Waals surface area contributed by atoms with E-state index >= 15 is 0 Å². The summed E-state index contributed by atoms with van der Waals surface area (Å²) in [6, 6.07) is 11.4. The minimum absolute atomic E-state index is 0.0452. The lowest BCUT2D eigenvalue weighted by molar-refractivity contribution is -0.173. The van der Waals surface area contributed by atoms with Gasteiger partial charge in [-0.25, -0.2) is 14.6 Å². The number of carbonyl (C=O) groups excluding carboxylic acids is 3. The van der Waals surface area contributed by atoms with Crippen LogP contribution < -0.4 is 10.9 Å². The van der Waals surface area contributed by atoms with Crippen molar-refractivity contribution in [3.63, 3.8) is 0 Å². The number of halogens is 1. The first kappa shape index (κ1) is 25.3. The van der Waals surface area contributed by atoms with E-state index in [4.69, 9.17) is 14.5 Å². The van der Waals surface area contributed by atoms with E-state index in [9.17, 15) is 19.2 Å². The number of aromatic nitrogens is 2. The summed E-state index contributed by atoms with van der Waals surface area (Å²) in [5, 5.41) is 3.90. The van der Waals surface area contributed by atoms with Gasteiger partial charge < -0.3 is 19.4 Å². The average molecular weight is 616 g/mol. The van der Waals surface area contributed by atoms with Crippen molar-refractivity contribution >= 4 is 49.3 Å². The lowest BCUT2D eigenvalue weighted by atomic mass is 9.85. The number of nitrogens with one attached hydrogen (secondary N) is 1. The molecule has 2 aliphatic heterocycles. The standard InChI is InChI=1S/C26H25IN4O6/c1-3-26(37-25(35)30(9-8-28-2)13-21(27)32)18-11-20-22-16(10-15-6-4-5-7-19(15)29-22)12-31(20)23(33)17(18)14-36-24(26)34/h4-7,10-11,28H,3,8-9,12-14H2,1-2H3/t26-/m0/s1. The number of likely N-dealkylation sites (N-methyl/N-ethyl adjacent to an activating group) is 1. The van der Waals surface area contributed by atoms with Gasteiger partial charge in [0.25, 0.3) is 5.56 Å². The summed E-state index contributed by atoms with van der Waals surface area (Å²) >= 11 is 1.61. The minimum Gasteiger partial charge on any atom is -0.457 e. The first-order valence-electron chi connectivity index (χ1n) is 11.9. The number of rotatable bonds is 7. The second-order valence-corrected chi connectivity index (χ2v) is 10.2. The van der Waals surface area contributed by atoms with Gasteiger partial charge in [0, 0.05) is 52.2 Å². The van der Waals surface area contributed by atoms with Gasteiger partial charge >= 0.3 is 12.1 Å². The number of para-hydroxylation sites is 1. The molecule has 2 aromatic heterocycles. The summed E-state index contributed by atoms with van der Waals surface area (Å²) in [6.45, 7) is 2.26. The highest BCUT2D eigenvalue weighted by atomic mass is 127. The maximum absolute atomic E-state index is 13.6. The molecule has 1 amide bonds. The van der Waals surface area contributed by atoms with Crippen LogP contribution in [0.3, 0.4) is 0 Å². The third-order valence-electron chi connectivity index (χ3n) is 6.85. The summed E-state index contributed by atoms with van der Waals surface area (Å²) in [5.41, 5.74) is 1.31. The summed E-state index contributed by atoms with van der Waals surface area (Å²) < 4.78 is 12.6. The first-order valence-corrected chi connectivity index (χ1v) is 13.0. The Morgan fingerprint density at radius 1 is 1.27 bits per heavy atom. The van der Waals surface area contributed by atoms with Crippen molar-refractivity contribution in [1.29, 1.82) is 0 Å². The topological polar surface area (TPSA) is 120 Å². The number of pyridine rings is 2. The molecule has 0 aliphatic carbocycles. The highest BCUT2D eigenvalue weighted by Gasteiger charge is 2.51. The lowest BCUT2D eigenvalue weighted by Gasteiger charge is -2.37. The Labute approximate surface area is 226 Å². The van der Waals surface area contributed by atoms with Crippen LogP contribution in [0, 0.1) is 0 Å². The summed E-state index contributed by atoms with van der Waals surface area (Å²) in [5.74, 6) is -0.751. The van der Waals surface area contributed by atoms with Crippen LogP contribution >= 0.6 is 22.6 Å². The fourth-order valence-corrected chi connectivity index (χ4v) is 5.34. The van der Waals surface area contributed by atoms with Crippen LogP contribution in [0.2, 0.25) is 0 Å². The molecule has 2 aliphatic rings. The van der Waals surface area contributed by atoms with Gasteiger partial charge in [-0.1, -0.05) is 25.1 Å². The Kier molecular flexibility index (Phi) is 6.75. The number of carbonyl (C=O) groups is 3. The number of hydrogen-bond acceptors (Lipinski definition) is 8. The van der Waals surface area contributed by atoms with Crippen molar-refractivity contribution in [2.24, 2.45) is 0 Å². The molecule has 1 N–H and O–H groups in total. The monoisotopic (exact) mass is 616 g/mol. The molecule has 0 saturated heterocycles. The molecule has 11 heteroatoms. The molecule has 0 saturated carbocycles. The zero-order valence-corrected chi connectivity index (χ0v) is 22.5. The molecule has 0 radical (unpaired) electrons. The SMILES string of the molecule is CC[C@@]1(OC(=O)N(CCNC)CC(=O)I)C(=O)OCc2c1cc1n(c2=O)Cc2cc3ccccc3nc2-1. The molecule has 4 heterocycles. The molecule has 0 unspecified atom stereocenters. The van der Waals surface area contributed by atoms with E-state index in [2.05, 4.69) is 5.32 Å². The number of ether oxygens (including phenoxy) is 2. The second-order valence-electron chi connectivity index (χ2n) is 9.01. The molecule has 0 bridgehead atoms. The van der Waals surface area contributed by atoms with Crippen LogP contribution in [0.1, 0.15) is 30.0 Å². The van der Waals surface area contributed by atoms with Crippen LogP contribution in [0.15, 0.2) is 41.2 Å². The molecular weight excluding hydrogens is 591 g/mol. The Bertz CT molecular complexity index is 1500. The van der Waals surface area contributed by atoms with E-state index in [-0.39, 0.29) is 41.0 Å². The summed E-state index contributed by atoms with van der Waals surface area (Å²) in [4.78, 5) is 57.9. The van der Waals surface area contributed by atoms with E-state index in [1.807, 2.05) is 30.3 Å². The molecule has 1 aromatic carbocycles. The minimum atomic E-state index is -1.83. The van der Waals surface area contributed by atoms with Crippen LogP contribution in [0.5, 0.6) is 0 Å². The second kappa shape index (κ2) is 9.86. The highest BCUT2D eigenvalue weighted by Crippen LogP contribution is 2.41. The molecule has 0 spiro atoms. The van der Waals surface area contributed by atoms with Crippen molar-refractivity contribution in [2.75, 3.05) is 26.7 Å². The van der Waals surface area contributed by atoms with Crippen LogP contribution in [0.4, 0.5) is 4.79 Å². The number of nitrogens with zero attached hydrogens (tertiary/aromatic N) is 3. The van der Waals surface area contributed by atoms with Crippen molar-refractivity contribution in [3.8, 4) is 11.4 Å². The molecule has 1 atom stereocenters. The highest BCUT2D eigenvalue weighted by molar-refractivity contribution is 14.1. The fourth-order valence-electron chi connectivity index (χ4n) is 4.93. The molecular formula is C26H25IN4O6. The van der Waals surface area contributed by atoms with E-state index < -0.39 is 17.7 Å². The van der Waals surface area contributed by atoms with Gasteiger partial charge in [-0.05, 0) is 31.7 Å². The van der Waals surface area contributed by atoms with E-state index in [0.29, 0.717) is 30.0 Å². The molecule has 10 nitrogen and oxygen atoms in total. The molecule has 192 valence electrons. The fraction of sp³-hybridized carbons (Fsp3) is 0.346. The van der Waals surface area contributed by atoms with E-state index in [0.717, 1.165) is 16.5 Å². The molecule has 3 aromatic rings. The van der Waals surface area contributed by atoms with Gasteiger partial charge in [0.2, 0.25) is 9.39 Å². The molecule has 37 heavy (non-hydrogen) atoms. The maximum Gasteiger partial charge on any atom is 0.411 e. The molecule has 0 fully saturated rings. The number of fused-ring (bicyclic) bond motifs is 5. The Balaban J connectivity index is 1.62. The average Bonchev–Trinajstić information content (AvgIpc) is 3.24. The van der Waals surface area contributed by atoms with Crippen LogP contribution in [-0.2, 0) is 37.8 Å². The van der Waals surface area contributed by atoms with Crippen molar-refractivity contribution in [2.45, 2.75) is 32.1 Å². The Hall–Kier alpha value is -3.32. The number of cyclic esters (lactones) is 1. The Morgan fingerprint density at radius 3 is 2.78 bits per heavy atom. The third kappa shape index (κ3) is 4.29. The van der Waals surface area contributed by atoms with Crippen molar-refractivity contribution < 1.29 is 23.9 Å². The lowest BCUT2D eigenvalue weighted by Crippen LogP contribution is -2.50. The predicted molar refractivity (Wildman–Crippen MR) is 143 cm³/mol. The quantitative estimate of drug-likeness (QED) is 0.191. The van der Waals surface area contributed by atoms with Gasteiger partial charge in [0.1, 0.15) is 6.61 Å². The smallest absolute Gasteiger partial charge is 0.411 e. The third-order valence-corrected chi connectivity index (χ3v) is 7.19. The first-order chi connectivity index (χ1) is 17.8. The number of esters is 1. The van der Waals surface area contributed by atoms with Gasteiger partial charge in [-0.15, -0.1) is 0 Å². The van der Waals surface area contributed by atoms with Gasteiger partial charge in [0.05, 0.1) is 35.6 Å². The van der Waals surface area contributed by atoms with Crippen LogP contribution in [-0.4, -0.2) is 57.0 Å². The van der Waals surface area contributed by atoms with Gasteiger partial charge in [-0.2, -0.15) is 0 Å². The summed E-state index contributed by atoms with van der Waals surface area (Å²) in [6.07, 6.45) is -0.791. The predicted octanol–water partition coefficient (Wildman–Crippen LogP) is 2.71. The number of benzene rings is 1. The number of hydrogen-bond donors (Lipinski definition) is 1. The van der Waals surface area contributed by atoms with E-state index in [1.54, 1.807) is 47.2 Å². The van der Waals surface area contributed by atoms with Gasteiger partial charge in [-0.3, -0.25) is 14.5 Å². The number of amides is 1. The zero-order valence-electron chi connectivity index (χ0n) is 20.4.